The van der Waals surface area contributed by atoms with Crippen molar-refractivity contribution in [2.45, 2.75) is 90.1 Å². The fourth-order valence-corrected chi connectivity index (χ4v) is 7.09. The molecule has 0 radical (unpaired) electrons. The predicted molar refractivity (Wildman–Crippen MR) is 195 cm³/mol. The molecular formula is C39H52N6O4. The molecule has 2 aromatic heterocycles. The summed E-state index contributed by atoms with van der Waals surface area (Å²) < 4.78 is 0. The first kappa shape index (κ1) is 37.4. The molecule has 3 aromatic rings. The molecule has 6 rings (SSSR count). The minimum atomic E-state index is -1.01. The van der Waals surface area contributed by atoms with E-state index in [-0.39, 0.29) is 29.5 Å². The molecule has 1 saturated heterocycles. The number of carbonyl (C=O) groups is 3. The Hall–Kier alpha value is -4.41. The monoisotopic (exact) mass is 668 g/mol. The summed E-state index contributed by atoms with van der Waals surface area (Å²) in [5, 5.41) is 12.1. The van der Waals surface area contributed by atoms with Crippen molar-refractivity contribution in [3.63, 3.8) is 0 Å². The van der Waals surface area contributed by atoms with Crippen LogP contribution in [-0.4, -0.2) is 81.4 Å². The molecule has 2 aliphatic heterocycles. The van der Waals surface area contributed by atoms with Gasteiger partial charge in [-0.25, -0.2) is 9.78 Å². The van der Waals surface area contributed by atoms with E-state index in [1.54, 1.807) is 12.3 Å². The molecule has 0 saturated carbocycles. The Bertz CT molecular complexity index is 1640. The molecule has 4 N–H and O–H groups in total. The van der Waals surface area contributed by atoms with Crippen molar-refractivity contribution in [3.8, 4) is 0 Å². The third-order valence-corrected chi connectivity index (χ3v) is 9.57. The molecule has 1 aromatic carbocycles. The summed E-state index contributed by atoms with van der Waals surface area (Å²) in [5.41, 5.74) is 10.1. The Morgan fingerprint density at radius 1 is 1.10 bits per heavy atom. The second-order valence-electron chi connectivity index (χ2n) is 13.0. The topological polar surface area (TPSA) is 142 Å². The fourth-order valence-electron chi connectivity index (χ4n) is 7.09. The van der Waals surface area contributed by atoms with Crippen LogP contribution in [0, 0.1) is 0 Å². The van der Waals surface area contributed by atoms with Gasteiger partial charge in [-0.3, -0.25) is 14.6 Å². The van der Waals surface area contributed by atoms with Gasteiger partial charge in [-0.05, 0) is 75.0 Å². The van der Waals surface area contributed by atoms with Gasteiger partial charge >= 0.3 is 5.97 Å². The molecule has 10 nitrogen and oxygen atoms in total. The Labute approximate surface area is 290 Å². The second-order valence-corrected chi connectivity index (χ2v) is 13.0. The summed E-state index contributed by atoms with van der Waals surface area (Å²) in [5.74, 6) is -0.0677. The first-order valence-electron chi connectivity index (χ1n) is 17.6. The number of nitrogens with one attached hydrogen (secondary N) is 1. The highest BCUT2D eigenvalue weighted by molar-refractivity contribution is 6.06. The van der Waals surface area contributed by atoms with Crippen LogP contribution in [-0.2, 0) is 27.8 Å². The number of nitrogens with two attached hydrogens (primary N) is 1. The van der Waals surface area contributed by atoms with E-state index in [0.717, 1.165) is 61.3 Å². The highest BCUT2D eigenvalue weighted by atomic mass is 16.4. The van der Waals surface area contributed by atoms with E-state index in [0.29, 0.717) is 24.6 Å². The first-order valence-corrected chi connectivity index (χ1v) is 17.6. The summed E-state index contributed by atoms with van der Waals surface area (Å²) >= 11 is 0. The van der Waals surface area contributed by atoms with E-state index in [2.05, 4.69) is 66.2 Å². The summed E-state index contributed by atoms with van der Waals surface area (Å²) in [7, 11) is 2.08. The molecule has 1 fully saturated rings. The van der Waals surface area contributed by atoms with Gasteiger partial charge in [0.05, 0.1) is 17.0 Å². The van der Waals surface area contributed by atoms with Crippen LogP contribution in [0.1, 0.15) is 98.1 Å². The minimum absolute atomic E-state index is 0.0984. The lowest BCUT2D eigenvalue weighted by molar-refractivity contribution is -0.138. The minimum Gasteiger partial charge on any atom is -0.478 e. The molecule has 2 amide bonds. The van der Waals surface area contributed by atoms with E-state index < -0.39 is 11.4 Å². The SMILES string of the molecule is CC.CCCN(C)C/C=C/c1cnc2c(c1)[C@@]1(Cc3cc(C(=O)O)cnc3C1)C(=O)N2.CCCN1C(=O)C(N)CC(c2ccccc2)C1C. The number of aromatic nitrogens is 2. The summed E-state index contributed by atoms with van der Waals surface area (Å²) in [6, 6.07) is 13.9. The number of nitrogens with zero attached hydrogens (tertiary/aromatic N) is 4. The lowest BCUT2D eigenvalue weighted by Gasteiger charge is -2.42. The molecule has 262 valence electrons. The average Bonchev–Trinajstić information content (AvgIpc) is 3.62. The van der Waals surface area contributed by atoms with E-state index in [1.165, 1.54) is 11.8 Å². The maximum atomic E-state index is 12.9. The van der Waals surface area contributed by atoms with Crippen molar-refractivity contribution in [1.82, 2.24) is 19.8 Å². The van der Waals surface area contributed by atoms with Gasteiger partial charge in [0.1, 0.15) is 5.82 Å². The summed E-state index contributed by atoms with van der Waals surface area (Å²) in [4.78, 5) is 49.2. The largest absolute Gasteiger partial charge is 0.478 e. The Morgan fingerprint density at radius 2 is 1.84 bits per heavy atom. The number of rotatable bonds is 9. The van der Waals surface area contributed by atoms with E-state index in [9.17, 15) is 19.5 Å². The lowest BCUT2D eigenvalue weighted by Crippen LogP contribution is -2.55. The van der Waals surface area contributed by atoms with Crippen LogP contribution in [0.15, 0.2) is 60.9 Å². The number of benzene rings is 1. The second kappa shape index (κ2) is 16.8. The van der Waals surface area contributed by atoms with Crippen LogP contribution in [0.4, 0.5) is 5.82 Å². The zero-order valence-corrected chi connectivity index (χ0v) is 29.8. The third kappa shape index (κ3) is 8.25. The molecule has 3 aliphatic rings. The van der Waals surface area contributed by atoms with E-state index in [4.69, 9.17) is 5.73 Å². The van der Waals surface area contributed by atoms with E-state index in [1.807, 2.05) is 49.1 Å². The van der Waals surface area contributed by atoms with Gasteiger partial charge in [-0.1, -0.05) is 70.2 Å². The quantitative estimate of drug-likeness (QED) is 0.265. The molecule has 10 heteroatoms. The number of pyridine rings is 2. The molecule has 1 aliphatic carbocycles. The predicted octanol–water partition coefficient (Wildman–Crippen LogP) is 5.67. The van der Waals surface area contributed by atoms with Gasteiger partial charge in [-0.15, -0.1) is 0 Å². The Morgan fingerprint density at radius 3 is 2.51 bits per heavy atom. The summed E-state index contributed by atoms with van der Waals surface area (Å²) in [6.07, 6.45) is 11.0. The van der Waals surface area contributed by atoms with Crippen molar-refractivity contribution in [1.29, 1.82) is 0 Å². The molecule has 49 heavy (non-hydrogen) atoms. The normalized spacial score (nSPS) is 22.3. The molecule has 4 atom stereocenters. The van der Waals surface area contributed by atoms with Crippen LogP contribution < -0.4 is 11.1 Å². The number of carbonyl (C=O) groups excluding carboxylic acids is 2. The highest BCUT2D eigenvalue weighted by Crippen LogP contribution is 2.46. The standard InChI is InChI=1S/C22H24N4O3.C15H22N2O.C2H6/c1-3-6-26(2)7-4-5-14-8-17-19(24-12-14)25-21(29)22(17)10-15-9-16(20(27)28)13-23-18(15)11-22;1-3-9-17-11(2)13(10-14(16)15(17)18)12-7-5-4-6-8-12;1-2/h4-5,8-9,12-13H,3,6-7,10-11H2,1-2H3,(H,27,28)(H,24,25,29);4-8,11,13-14H,3,9-10,16H2,1-2H3;1-2H3/b5-4+;;/t22-;;/m0../s1. The highest BCUT2D eigenvalue weighted by Gasteiger charge is 2.52. The van der Waals surface area contributed by atoms with Gasteiger partial charge in [0, 0.05) is 55.1 Å². The summed E-state index contributed by atoms with van der Waals surface area (Å²) in [6.45, 7) is 13.1. The first-order chi connectivity index (χ1) is 23.6. The van der Waals surface area contributed by atoms with Crippen molar-refractivity contribution in [2.75, 3.05) is 32.0 Å². The Kier molecular flexibility index (Phi) is 12.8. The van der Waals surface area contributed by atoms with Crippen molar-refractivity contribution < 1.29 is 19.5 Å². The van der Waals surface area contributed by atoms with Crippen molar-refractivity contribution in [2.24, 2.45) is 5.73 Å². The van der Waals surface area contributed by atoms with Gasteiger partial charge in [0.15, 0.2) is 0 Å². The average molecular weight is 669 g/mol. The molecule has 4 heterocycles. The number of hydrogen-bond donors (Lipinski definition) is 3. The van der Waals surface area contributed by atoms with Gasteiger partial charge in [0.2, 0.25) is 11.8 Å². The number of carboxylic acid groups (broad SMARTS) is 1. The lowest BCUT2D eigenvalue weighted by atomic mass is 9.79. The third-order valence-electron chi connectivity index (χ3n) is 9.57. The smallest absolute Gasteiger partial charge is 0.337 e. The fraction of sp³-hybridized carbons (Fsp3) is 0.462. The van der Waals surface area contributed by atoms with Gasteiger partial charge in [-0.2, -0.15) is 0 Å². The van der Waals surface area contributed by atoms with Gasteiger partial charge < -0.3 is 26.0 Å². The number of hydrogen-bond acceptors (Lipinski definition) is 7. The number of aromatic carboxylic acids is 1. The number of likely N-dealkylation sites (tertiary alicyclic amines) is 1. The number of likely N-dealkylation sites (N-methyl/N-ethyl adjacent to an activating group) is 1. The number of amides is 2. The number of anilines is 1. The van der Waals surface area contributed by atoms with Crippen LogP contribution in [0.25, 0.3) is 6.08 Å². The van der Waals surface area contributed by atoms with E-state index >= 15 is 0 Å². The number of fused-ring (bicyclic) bond motifs is 3. The molecular weight excluding hydrogens is 616 g/mol. The van der Waals surface area contributed by atoms with Crippen LogP contribution >= 0.6 is 0 Å². The maximum absolute atomic E-state index is 12.9. The van der Waals surface area contributed by atoms with Crippen molar-refractivity contribution >= 4 is 29.7 Å². The van der Waals surface area contributed by atoms with Crippen LogP contribution in [0.5, 0.6) is 0 Å². The van der Waals surface area contributed by atoms with Crippen LogP contribution in [0.2, 0.25) is 0 Å². The number of piperidine rings is 1. The zero-order chi connectivity index (χ0) is 35.7. The number of carboxylic acids is 1. The van der Waals surface area contributed by atoms with Gasteiger partial charge in [0.25, 0.3) is 0 Å². The molecule has 3 unspecified atom stereocenters. The zero-order valence-electron chi connectivity index (χ0n) is 29.8. The van der Waals surface area contributed by atoms with Crippen molar-refractivity contribution in [3.05, 3.63) is 94.4 Å². The molecule has 1 spiro atoms. The Balaban J connectivity index is 0.000000232. The maximum Gasteiger partial charge on any atom is 0.337 e. The molecule has 0 bridgehead atoms. The van der Waals surface area contributed by atoms with Crippen LogP contribution in [0.3, 0.4) is 0 Å².